The fourth-order valence-electron chi connectivity index (χ4n) is 2.46. The normalized spacial score (nSPS) is 28.4. The van der Waals surface area contributed by atoms with Gasteiger partial charge in [-0.1, -0.05) is 0 Å². The summed E-state index contributed by atoms with van der Waals surface area (Å²) in [7, 11) is 2.15. The molecule has 1 fully saturated rings. The number of likely N-dealkylation sites (N-methyl/N-ethyl adjacent to an activating group) is 1. The Balaban J connectivity index is 2.23. The van der Waals surface area contributed by atoms with Gasteiger partial charge in [-0.3, -0.25) is 0 Å². The van der Waals surface area contributed by atoms with Crippen LogP contribution in [-0.4, -0.2) is 31.6 Å². The highest BCUT2D eigenvalue weighted by molar-refractivity contribution is 5.17. The number of nitrogens with zero attached hydrogens (tertiary/aromatic N) is 1. The second kappa shape index (κ2) is 3.75. The number of rotatable bonds is 3. The Morgan fingerprint density at radius 3 is 3.00 bits per heavy atom. The summed E-state index contributed by atoms with van der Waals surface area (Å²) >= 11 is 0. The minimum Gasteiger partial charge on any atom is -0.469 e. The van der Waals surface area contributed by atoms with Gasteiger partial charge < -0.3 is 15.1 Å². The van der Waals surface area contributed by atoms with Gasteiger partial charge in [0, 0.05) is 12.0 Å². The van der Waals surface area contributed by atoms with Gasteiger partial charge in [-0.25, -0.2) is 0 Å². The van der Waals surface area contributed by atoms with Crippen LogP contribution in [0.1, 0.15) is 18.6 Å². The topological polar surface area (TPSA) is 42.4 Å². The highest BCUT2D eigenvalue weighted by atomic mass is 16.3. The lowest BCUT2D eigenvalue weighted by atomic mass is 9.81. The number of hydrogen-bond acceptors (Lipinski definition) is 3. The van der Waals surface area contributed by atoms with E-state index < -0.39 is 0 Å². The predicted molar refractivity (Wildman–Crippen MR) is 56.2 cm³/mol. The molecule has 2 rings (SSSR count). The van der Waals surface area contributed by atoms with Crippen molar-refractivity contribution in [1.82, 2.24) is 4.90 Å². The Morgan fingerprint density at radius 2 is 2.50 bits per heavy atom. The maximum Gasteiger partial charge on any atom is 0.111 e. The molecule has 0 amide bonds. The van der Waals surface area contributed by atoms with E-state index in [2.05, 4.69) is 18.0 Å². The summed E-state index contributed by atoms with van der Waals surface area (Å²) in [5.41, 5.74) is 5.86. The molecule has 2 N–H and O–H groups in total. The quantitative estimate of drug-likeness (QED) is 0.786. The van der Waals surface area contributed by atoms with Crippen LogP contribution >= 0.6 is 0 Å². The third-order valence-corrected chi connectivity index (χ3v) is 3.21. The molecule has 3 heteroatoms. The van der Waals surface area contributed by atoms with E-state index in [1.54, 1.807) is 6.26 Å². The molecule has 0 bridgehead atoms. The summed E-state index contributed by atoms with van der Waals surface area (Å²) in [5.74, 6) is 1.10. The molecule has 14 heavy (non-hydrogen) atoms. The third-order valence-electron chi connectivity index (χ3n) is 3.21. The lowest BCUT2D eigenvalue weighted by Gasteiger charge is -2.25. The summed E-state index contributed by atoms with van der Waals surface area (Å²) in [6.45, 7) is 2.94. The van der Waals surface area contributed by atoms with Gasteiger partial charge >= 0.3 is 0 Å². The van der Waals surface area contributed by atoms with Gasteiger partial charge in [0.1, 0.15) is 5.76 Å². The predicted octanol–water partition coefficient (Wildman–Crippen LogP) is 1.20. The number of hydrogen-bond donors (Lipinski definition) is 1. The van der Waals surface area contributed by atoms with Crippen LogP contribution in [0.2, 0.25) is 0 Å². The first kappa shape index (κ1) is 9.74. The van der Waals surface area contributed by atoms with Gasteiger partial charge in [-0.15, -0.1) is 0 Å². The molecule has 1 aliphatic heterocycles. The van der Waals surface area contributed by atoms with E-state index in [4.69, 9.17) is 10.2 Å². The molecular weight excluding hydrogens is 176 g/mol. The van der Waals surface area contributed by atoms with Crippen LogP contribution in [0, 0.1) is 0 Å². The molecule has 1 unspecified atom stereocenters. The van der Waals surface area contributed by atoms with E-state index in [9.17, 15) is 0 Å². The molecule has 0 aromatic carbocycles. The van der Waals surface area contributed by atoms with Crippen molar-refractivity contribution in [1.29, 1.82) is 0 Å². The average Bonchev–Trinajstić information content (AvgIpc) is 2.75. The van der Waals surface area contributed by atoms with Gasteiger partial charge in [-0.05, 0) is 45.1 Å². The monoisotopic (exact) mass is 194 g/mol. The summed E-state index contributed by atoms with van der Waals surface area (Å²) < 4.78 is 5.54. The van der Waals surface area contributed by atoms with E-state index >= 15 is 0 Å². The summed E-state index contributed by atoms with van der Waals surface area (Å²) in [6.07, 6.45) is 3.94. The maximum atomic E-state index is 5.68. The zero-order chi connectivity index (χ0) is 10.0. The molecule has 1 aromatic heterocycles. The maximum absolute atomic E-state index is 5.68. The van der Waals surface area contributed by atoms with Crippen molar-refractivity contribution < 1.29 is 4.42 Å². The first-order chi connectivity index (χ1) is 6.77. The third kappa shape index (κ3) is 1.57. The van der Waals surface area contributed by atoms with Crippen LogP contribution in [0.4, 0.5) is 0 Å². The SMILES string of the molecule is CN1CCC(CCN)(c2ccco2)C1. The molecule has 2 heterocycles. The Morgan fingerprint density at radius 1 is 1.64 bits per heavy atom. The molecule has 0 saturated carbocycles. The van der Waals surface area contributed by atoms with Crippen LogP contribution in [0.5, 0.6) is 0 Å². The van der Waals surface area contributed by atoms with E-state index in [0.717, 1.165) is 38.2 Å². The Bertz CT molecular complexity index is 279. The summed E-state index contributed by atoms with van der Waals surface area (Å²) in [4.78, 5) is 2.35. The van der Waals surface area contributed by atoms with Gasteiger partial charge in [0.25, 0.3) is 0 Å². The van der Waals surface area contributed by atoms with Crippen LogP contribution in [0.15, 0.2) is 22.8 Å². The van der Waals surface area contributed by atoms with Gasteiger partial charge in [0.05, 0.1) is 6.26 Å². The van der Waals surface area contributed by atoms with Crippen molar-refractivity contribution in [2.45, 2.75) is 18.3 Å². The number of likely N-dealkylation sites (tertiary alicyclic amines) is 1. The van der Waals surface area contributed by atoms with Crippen LogP contribution < -0.4 is 5.73 Å². The van der Waals surface area contributed by atoms with Crippen LogP contribution in [-0.2, 0) is 5.41 Å². The highest BCUT2D eigenvalue weighted by Gasteiger charge is 2.39. The molecule has 0 radical (unpaired) electrons. The standard InChI is InChI=1S/C11H18N2O/c1-13-7-5-11(9-13,4-6-12)10-3-2-8-14-10/h2-3,8H,4-7,9,12H2,1H3. The molecule has 1 aromatic rings. The molecular formula is C11H18N2O. The molecule has 3 nitrogen and oxygen atoms in total. The molecule has 78 valence electrons. The molecule has 0 aliphatic carbocycles. The molecule has 0 spiro atoms. The summed E-state index contributed by atoms with van der Waals surface area (Å²) in [5, 5.41) is 0. The van der Waals surface area contributed by atoms with Crippen molar-refractivity contribution in [3.05, 3.63) is 24.2 Å². The first-order valence-electron chi connectivity index (χ1n) is 5.19. The van der Waals surface area contributed by atoms with Gasteiger partial charge in [0.2, 0.25) is 0 Å². The van der Waals surface area contributed by atoms with Crippen molar-refractivity contribution in [2.75, 3.05) is 26.7 Å². The molecule has 1 saturated heterocycles. The lowest BCUT2D eigenvalue weighted by Crippen LogP contribution is -2.31. The smallest absolute Gasteiger partial charge is 0.111 e. The van der Waals surface area contributed by atoms with Crippen molar-refractivity contribution in [2.24, 2.45) is 5.73 Å². The second-order valence-corrected chi connectivity index (χ2v) is 4.28. The van der Waals surface area contributed by atoms with E-state index in [1.807, 2.05) is 6.07 Å². The fraction of sp³-hybridized carbons (Fsp3) is 0.636. The van der Waals surface area contributed by atoms with Crippen LogP contribution in [0.3, 0.4) is 0 Å². The van der Waals surface area contributed by atoms with E-state index in [-0.39, 0.29) is 5.41 Å². The zero-order valence-electron chi connectivity index (χ0n) is 8.70. The van der Waals surface area contributed by atoms with Gasteiger partial charge in [0.15, 0.2) is 0 Å². The minimum absolute atomic E-state index is 0.174. The number of nitrogens with two attached hydrogens (primary N) is 1. The fourth-order valence-corrected chi connectivity index (χ4v) is 2.46. The zero-order valence-corrected chi connectivity index (χ0v) is 8.70. The second-order valence-electron chi connectivity index (χ2n) is 4.28. The highest BCUT2D eigenvalue weighted by Crippen LogP contribution is 2.36. The first-order valence-corrected chi connectivity index (χ1v) is 5.19. The van der Waals surface area contributed by atoms with Crippen molar-refractivity contribution >= 4 is 0 Å². The average molecular weight is 194 g/mol. The Kier molecular flexibility index (Phi) is 2.61. The molecule has 1 atom stereocenters. The Labute approximate surface area is 84.9 Å². The van der Waals surface area contributed by atoms with Crippen molar-refractivity contribution in [3.63, 3.8) is 0 Å². The van der Waals surface area contributed by atoms with E-state index in [0.29, 0.717) is 0 Å². The Hall–Kier alpha value is -0.800. The molecule has 1 aliphatic rings. The van der Waals surface area contributed by atoms with Crippen LogP contribution in [0.25, 0.3) is 0 Å². The van der Waals surface area contributed by atoms with E-state index in [1.165, 1.54) is 0 Å². The van der Waals surface area contributed by atoms with Crippen molar-refractivity contribution in [3.8, 4) is 0 Å². The lowest BCUT2D eigenvalue weighted by molar-refractivity contribution is 0.305. The largest absolute Gasteiger partial charge is 0.469 e. The minimum atomic E-state index is 0.174. The van der Waals surface area contributed by atoms with Gasteiger partial charge in [-0.2, -0.15) is 0 Å². The number of furan rings is 1. The summed E-state index contributed by atoms with van der Waals surface area (Å²) in [6, 6.07) is 4.04.